The molecule has 350 valence electrons. The Morgan fingerprint density at radius 1 is 0.475 bits per heavy atom. The van der Waals surface area contributed by atoms with Gasteiger partial charge in [0.25, 0.3) is 0 Å². The number of ether oxygens (including phenoxy) is 2. The molecule has 0 spiro atoms. The topological polar surface area (TPSA) is 134 Å². The molecule has 0 bridgehead atoms. The largest absolute Gasteiger partial charge is 0.462 e. The van der Waals surface area contributed by atoms with Crippen molar-refractivity contribution in [3.05, 3.63) is 0 Å². The van der Waals surface area contributed by atoms with E-state index in [9.17, 15) is 14.4 Å². The summed E-state index contributed by atoms with van der Waals surface area (Å²) in [6.45, 7) is 7.41. The second-order valence-electron chi connectivity index (χ2n) is 17.5. The van der Waals surface area contributed by atoms with E-state index < -0.39 is 12.1 Å². The molecule has 0 aromatic heterocycles. The van der Waals surface area contributed by atoms with Crippen molar-refractivity contribution in [3.8, 4) is 0 Å². The number of rotatable bonds is 49. The molecule has 0 fully saturated rings. The van der Waals surface area contributed by atoms with Crippen molar-refractivity contribution in [2.45, 2.75) is 264 Å². The van der Waals surface area contributed by atoms with Gasteiger partial charge in [0.05, 0.1) is 6.04 Å². The maximum atomic E-state index is 12.8. The van der Waals surface area contributed by atoms with Crippen molar-refractivity contribution in [2.75, 3.05) is 37.7 Å². The van der Waals surface area contributed by atoms with E-state index in [0.717, 1.165) is 83.8 Å². The fourth-order valence-corrected chi connectivity index (χ4v) is 8.59. The summed E-state index contributed by atoms with van der Waals surface area (Å²) in [5.74, 6) is 0.572. The molecule has 59 heavy (non-hydrogen) atoms. The Balaban J connectivity index is 4.40. The summed E-state index contributed by atoms with van der Waals surface area (Å²) in [4.78, 5) is 38.2. The SMILES string of the molecule is CCCCCCCCCCCCCCCC(=O)OCC(CSCC(N)C(=O)CCCCCCCCCNCCCN)OC(=O)CCCCCCCCCCCCCCC. The second-order valence-corrected chi connectivity index (χ2v) is 18.6. The van der Waals surface area contributed by atoms with Crippen LogP contribution in [0.3, 0.4) is 0 Å². The first-order valence-electron chi connectivity index (χ1n) is 25.6. The Labute approximate surface area is 370 Å². The van der Waals surface area contributed by atoms with E-state index in [0.29, 0.717) is 30.8 Å². The number of esters is 2. The van der Waals surface area contributed by atoms with Gasteiger partial charge in [-0.2, -0.15) is 11.8 Å². The molecule has 2 unspecified atom stereocenters. The van der Waals surface area contributed by atoms with E-state index >= 15 is 0 Å². The van der Waals surface area contributed by atoms with Crippen LogP contribution < -0.4 is 16.8 Å². The molecular formula is C50H99N3O5S. The summed E-state index contributed by atoms with van der Waals surface area (Å²) in [6, 6.07) is -0.535. The van der Waals surface area contributed by atoms with Crippen molar-refractivity contribution < 1.29 is 23.9 Å². The number of nitrogens with one attached hydrogen (secondary N) is 1. The van der Waals surface area contributed by atoms with Crippen LogP contribution in [0.15, 0.2) is 0 Å². The van der Waals surface area contributed by atoms with Crippen molar-refractivity contribution in [2.24, 2.45) is 11.5 Å². The minimum atomic E-state index is -0.535. The van der Waals surface area contributed by atoms with E-state index in [1.165, 1.54) is 166 Å². The third-order valence-corrected chi connectivity index (χ3v) is 12.7. The molecule has 8 nitrogen and oxygen atoms in total. The minimum absolute atomic E-state index is 0.0581. The Morgan fingerprint density at radius 3 is 1.29 bits per heavy atom. The lowest BCUT2D eigenvalue weighted by atomic mass is 10.0. The number of hydrogen-bond donors (Lipinski definition) is 3. The summed E-state index contributed by atoms with van der Waals surface area (Å²) in [5.41, 5.74) is 11.8. The zero-order valence-corrected chi connectivity index (χ0v) is 40.0. The lowest BCUT2D eigenvalue weighted by Crippen LogP contribution is -2.34. The van der Waals surface area contributed by atoms with Crippen LogP contribution in [-0.4, -0.2) is 67.6 Å². The number of nitrogens with two attached hydrogens (primary N) is 2. The van der Waals surface area contributed by atoms with Gasteiger partial charge in [-0.05, 0) is 51.7 Å². The lowest BCUT2D eigenvalue weighted by Gasteiger charge is -2.19. The van der Waals surface area contributed by atoms with Crippen LogP contribution in [0.5, 0.6) is 0 Å². The maximum absolute atomic E-state index is 12.8. The van der Waals surface area contributed by atoms with Crippen molar-refractivity contribution in [3.63, 3.8) is 0 Å². The predicted octanol–water partition coefficient (Wildman–Crippen LogP) is 13.1. The molecule has 0 aliphatic rings. The van der Waals surface area contributed by atoms with Gasteiger partial charge in [0.1, 0.15) is 18.5 Å². The highest BCUT2D eigenvalue weighted by Gasteiger charge is 2.20. The average Bonchev–Trinajstić information content (AvgIpc) is 3.23. The van der Waals surface area contributed by atoms with Crippen LogP contribution in [0.1, 0.15) is 251 Å². The Morgan fingerprint density at radius 2 is 0.847 bits per heavy atom. The standard InChI is InChI=1S/C50H99N3O5S/c1-3-5-7-9-11-13-15-17-19-21-25-29-33-38-49(55)57-43-46(58-50(56)39-34-30-26-22-20-18-16-14-12-10-8-6-4-2)44-59-45-47(52)48(54)37-32-28-24-23-27-31-35-41-53-42-36-40-51/h46-47,53H,3-45,51-52H2,1-2H3. The first kappa shape index (κ1) is 57.8. The second kappa shape index (κ2) is 47.9. The molecule has 0 radical (unpaired) electrons. The highest BCUT2D eigenvalue weighted by molar-refractivity contribution is 7.99. The Kier molecular flexibility index (Phi) is 46.9. The normalized spacial score (nSPS) is 12.5. The fourth-order valence-electron chi connectivity index (χ4n) is 7.58. The predicted molar refractivity (Wildman–Crippen MR) is 255 cm³/mol. The van der Waals surface area contributed by atoms with Gasteiger partial charge in [0.2, 0.25) is 0 Å². The van der Waals surface area contributed by atoms with Crippen LogP contribution >= 0.6 is 11.8 Å². The van der Waals surface area contributed by atoms with Gasteiger partial charge >= 0.3 is 11.9 Å². The Bertz CT molecular complexity index is 910. The molecule has 5 N–H and O–H groups in total. The van der Waals surface area contributed by atoms with Gasteiger partial charge in [-0.3, -0.25) is 14.4 Å². The van der Waals surface area contributed by atoms with Crippen molar-refractivity contribution in [1.29, 1.82) is 0 Å². The summed E-state index contributed by atoms with van der Waals surface area (Å²) >= 11 is 1.51. The van der Waals surface area contributed by atoms with Gasteiger partial charge in [-0.15, -0.1) is 0 Å². The van der Waals surface area contributed by atoms with Crippen LogP contribution in [0.2, 0.25) is 0 Å². The van der Waals surface area contributed by atoms with E-state index in [1.807, 2.05) is 0 Å². The van der Waals surface area contributed by atoms with Crippen molar-refractivity contribution in [1.82, 2.24) is 5.32 Å². The molecule has 0 aliphatic carbocycles. The third kappa shape index (κ3) is 44.7. The molecule has 0 saturated heterocycles. The number of ketones is 1. The molecule has 9 heteroatoms. The molecular weight excluding hydrogens is 755 g/mol. The number of thioether (sulfide) groups is 1. The zero-order valence-electron chi connectivity index (χ0n) is 39.2. The van der Waals surface area contributed by atoms with Crippen LogP contribution in [0, 0.1) is 0 Å². The summed E-state index contributed by atoms with van der Waals surface area (Å²) < 4.78 is 11.5. The number of unbranched alkanes of at least 4 members (excludes halogenated alkanes) is 30. The maximum Gasteiger partial charge on any atom is 0.306 e. The molecule has 0 heterocycles. The van der Waals surface area contributed by atoms with Gasteiger partial charge in [0.15, 0.2) is 0 Å². The number of hydrogen-bond acceptors (Lipinski definition) is 9. The fraction of sp³-hybridized carbons (Fsp3) is 0.940. The molecule has 0 aromatic rings. The first-order chi connectivity index (χ1) is 28.9. The average molecular weight is 854 g/mol. The third-order valence-electron chi connectivity index (χ3n) is 11.5. The molecule has 0 rings (SSSR count). The minimum Gasteiger partial charge on any atom is -0.462 e. The first-order valence-corrected chi connectivity index (χ1v) is 26.7. The van der Waals surface area contributed by atoms with E-state index in [1.54, 1.807) is 0 Å². The summed E-state index contributed by atoms with van der Waals surface area (Å²) in [5, 5.41) is 3.43. The highest BCUT2D eigenvalue weighted by atomic mass is 32.2. The monoisotopic (exact) mass is 854 g/mol. The molecule has 0 amide bonds. The van der Waals surface area contributed by atoms with Crippen LogP contribution in [0.4, 0.5) is 0 Å². The van der Waals surface area contributed by atoms with Gasteiger partial charge in [-0.25, -0.2) is 0 Å². The van der Waals surface area contributed by atoms with Crippen LogP contribution in [0.25, 0.3) is 0 Å². The Hall–Kier alpha value is -1.16. The molecule has 0 saturated carbocycles. The molecule has 0 aromatic carbocycles. The smallest absolute Gasteiger partial charge is 0.306 e. The van der Waals surface area contributed by atoms with E-state index in [-0.39, 0.29) is 24.3 Å². The van der Waals surface area contributed by atoms with Crippen molar-refractivity contribution >= 4 is 29.5 Å². The van der Waals surface area contributed by atoms with Gasteiger partial charge in [0, 0.05) is 30.8 Å². The number of carbonyl (C=O) groups excluding carboxylic acids is 3. The number of carbonyl (C=O) groups is 3. The van der Waals surface area contributed by atoms with Crippen LogP contribution in [-0.2, 0) is 23.9 Å². The molecule has 2 atom stereocenters. The van der Waals surface area contributed by atoms with E-state index in [2.05, 4.69) is 19.2 Å². The summed E-state index contributed by atoms with van der Waals surface area (Å²) in [6.07, 6.45) is 42.6. The zero-order chi connectivity index (χ0) is 43.1. The van der Waals surface area contributed by atoms with Gasteiger partial charge < -0.3 is 26.3 Å². The quantitative estimate of drug-likeness (QED) is 0.0404. The summed E-state index contributed by atoms with van der Waals surface area (Å²) in [7, 11) is 0. The molecule has 0 aliphatic heterocycles. The lowest BCUT2D eigenvalue weighted by molar-refractivity contribution is -0.157. The number of Topliss-reactive ketones (excluding diaryl/α,β-unsaturated/α-hetero) is 1. The van der Waals surface area contributed by atoms with Gasteiger partial charge in [-0.1, -0.05) is 200 Å². The highest BCUT2D eigenvalue weighted by Crippen LogP contribution is 2.17. The van der Waals surface area contributed by atoms with E-state index in [4.69, 9.17) is 20.9 Å².